The number of fused-ring (bicyclic) bond motifs is 1. The summed E-state index contributed by atoms with van der Waals surface area (Å²) in [5, 5.41) is -0.145. The quantitative estimate of drug-likeness (QED) is 0.180. The first-order valence-corrected chi connectivity index (χ1v) is 16.2. The van der Waals surface area contributed by atoms with Gasteiger partial charge < -0.3 is 20.0 Å². The Kier molecular flexibility index (Phi) is 11.3. The fourth-order valence-electron chi connectivity index (χ4n) is 3.97. The molecular weight excluding hydrogens is 606 g/mol. The Morgan fingerprint density at radius 1 is 1.07 bits per heavy atom. The van der Waals surface area contributed by atoms with Gasteiger partial charge in [-0.15, -0.1) is 0 Å². The number of aryl methyl sites for hydroxylation is 2. The highest BCUT2D eigenvalue weighted by atomic mass is 32.2. The number of rotatable bonds is 11. The van der Waals surface area contributed by atoms with Gasteiger partial charge in [0.05, 0.1) is 45.3 Å². The molecule has 12 nitrogen and oxygen atoms in total. The highest BCUT2D eigenvalue weighted by Gasteiger charge is 2.29. The molecule has 0 aliphatic rings. The van der Waals surface area contributed by atoms with Crippen molar-refractivity contribution >= 4 is 37.8 Å². The van der Waals surface area contributed by atoms with Crippen LogP contribution in [-0.4, -0.2) is 46.2 Å². The molecule has 4 N–H and O–H groups in total. The molecule has 2 aromatic carbocycles. The summed E-state index contributed by atoms with van der Waals surface area (Å²) in [5.74, 6) is 5.25. The third-order valence-electron chi connectivity index (χ3n) is 6.89. The van der Waals surface area contributed by atoms with Crippen molar-refractivity contribution < 1.29 is 31.7 Å². The van der Waals surface area contributed by atoms with Crippen LogP contribution in [-0.2, 0) is 36.2 Å². The largest absolute Gasteiger partial charge is 0.497 e. The fraction of sp³-hybridized carbons (Fsp3) is 0.300. The Morgan fingerprint density at radius 3 is 2.36 bits per heavy atom. The average molecular weight is 644 g/mol. The van der Waals surface area contributed by atoms with Crippen LogP contribution in [0.25, 0.3) is 11.0 Å². The predicted molar refractivity (Wildman–Crippen MR) is 168 cm³/mol. The van der Waals surface area contributed by atoms with Gasteiger partial charge in [-0.3, -0.25) is 14.0 Å². The molecule has 236 valence electrons. The van der Waals surface area contributed by atoms with Crippen LogP contribution in [0.5, 0.6) is 11.5 Å². The maximum absolute atomic E-state index is 14.0. The van der Waals surface area contributed by atoms with Crippen molar-refractivity contribution in [1.29, 1.82) is 0 Å². The van der Waals surface area contributed by atoms with Gasteiger partial charge in [0, 0.05) is 24.8 Å². The number of hydrogen-bond donors (Lipinski definition) is 2. The average Bonchev–Trinajstić information content (AvgIpc) is 3.40. The molecule has 44 heavy (non-hydrogen) atoms. The van der Waals surface area contributed by atoms with Gasteiger partial charge in [0.2, 0.25) is 5.16 Å². The SMILES string of the molecule is C=C(CC)ON.COc1ccc2c(c1)nc(S(=O)Cc1ncc(C)c(C)c1C)n2S(=O)(=O)c1ccc(C)c(OCC(N)=O)c1. The number of imidazole rings is 1. The van der Waals surface area contributed by atoms with Crippen LogP contribution in [0.4, 0.5) is 0 Å². The molecule has 0 saturated heterocycles. The number of amides is 1. The summed E-state index contributed by atoms with van der Waals surface area (Å²) in [6, 6.07) is 9.03. The molecule has 0 radical (unpaired) electrons. The normalized spacial score (nSPS) is 11.8. The van der Waals surface area contributed by atoms with Gasteiger partial charge >= 0.3 is 0 Å². The summed E-state index contributed by atoms with van der Waals surface area (Å²) in [4.78, 5) is 24.2. The van der Waals surface area contributed by atoms with Gasteiger partial charge in [-0.2, -0.15) is 5.90 Å². The van der Waals surface area contributed by atoms with Gasteiger partial charge in [0.15, 0.2) is 6.61 Å². The first-order chi connectivity index (χ1) is 20.7. The molecule has 0 spiro atoms. The van der Waals surface area contributed by atoms with Gasteiger partial charge in [-0.1, -0.05) is 19.6 Å². The van der Waals surface area contributed by atoms with E-state index in [1.165, 1.54) is 19.2 Å². The number of nitrogens with two attached hydrogens (primary N) is 2. The molecule has 0 aliphatic carbocycles. The number of allylic oxidation sites excluding steroid dienone is 1. The van der Waals surface area contributed by atoms with E-state index in [1.807, 2.05) is 27.7 Å². The molecule has 14 heteroatoms. The zero-order chi connectivity index (χ0) is 32.8. The van der Waals surface area contributed by atoms with Crippen LogP contribution in [0.1, 0.15) is 41.3 Å². The second-order valence-corrected chi connectivity index (χ2v) is 13.0. The fourth-order valence-corrected chi connectivity index (χ4v) is 7.03. The molecule has 4 aromatic rings. The summed E-state index contributed by atoms with van der Waals surface area (Å²) in [7, 11) is -4.70. The number of ether oxygens (including phenoxy) is 2. The lowest BCUT2D eigenvalue weighted by molar-refractivity contribution is -0.119. The molecule has 2 aromatic heterocycles. The predicted octanol–water partition coefficient (Wildman–Crippen LogP) is 3.88. The minimum Gasteiger partial charge on any atom is -0.497 e. The summed E-state index contributed by atoms with van der Waals surface area (Å²) >= 11 is 0. The zero-order valence-electron chi connectivity index (χ0n) is 25.5. The molecule has 0 fully saturated rings. The third kappa shape index (κ3) is 7.62. The van der Waals surface area contributed by atoms with Crippen LogP contribution >= 0.6 is 0 Å². The highest BCUT2D eigenvalue weighted by molar-refractivity contribution is 7.91. The Morgan fingerprint density at radius 2 is 1.77 bits per heavy atom. The minimum absolute atomic E-state index is 0.0240. The molecule has 2 heterocycles. The van der Waals surface area contributed by atoms with Crippen molar-refractivity contribution in [2.45, 2.75) is 56.8 Å². The number of carbonyl (C=O) groups excluding carboxylic acids is 1. The van der Waals surface area contributed by atoms with E-state index in [-0.39, 0.29) is 27.1 Å². The molecule has 1 atom stereocenters. The van der Waals surface area contributed by atoms with Gasteiger partial charge in [-0.25, -0.2) is 17.4 Å². The Balaban J connectivity index is 0.000000801. The molecular formula is C30H37N5O7S2. The van der Waals surface area contributed by atoms with Crippen LogP contribution in [0.2, 0.25) is 0 Å². The number of nitrogens with zero attached hydrogens (tertiary/aromatic N) is 3. The second-order valence-electron chi connectivity index (χ2n) is 9.84. The second kappa shape index (κ2) is 14.5. The standard InChI is InChI=1S/C26H28N4O6S2.C4H9NO/c1-15-6-8-20(11-24(15)36-13-25(27)31)38(33,34)30-23-9-7-19(35-5)10-21(23)29-26(30)37(32)14-22-18(4)17(3)16(2)12-28-22;1-3-4(2)6-5/h6-12H,13-14H2,1-5H3,(H2,27,31);2-3,5H2,1H3. The van der Waals surface area contributed by atoms with Crippen molar-refractivity contribution in [2.75, 3.05) is 13.7 Å². The highest BCUT2D eigenvalue weighted by Crippen LogP contribution is 2.31. The molecule has 4 rings (SSSR count). The molecule has 0 saturated carbocycles. The zero-order valence-corrected chi connectivity index (χ0v) is 27.2. The van der Waals surface area contributed by atoms with E-state index < -0.39 is 33.3 Å². The van der Waals surface area contributed by atoms with Crippen molar-refractivity contribution in [2.24, 2.45) is 11.6 Å². The Hall–Kier alpha value is -4.27. The topological polar surface area (TPSA) is 179 Å². The van der Waals surface area contributed by atoms with E-state index in [1.54, 1.807) is 37.4 Å². The van der Waals surface area contributed by atoms with Crippen molar-refractivity contribution in [3.63, 3.8) is 0 Å². The number of carbonyl (C=O) groups is 1. The molecule has 1 unspecified atom stereocenters. The van der Waals surface area contributed by atoms with Gasteiger partial charge in [-0.05, 0) is 68.1 Å². The van der Waals surface area contributed by atoms with Crippen LogP contribution in [0.3, 0.4) is 0 Å². The van der Waals surface area contributed by atoms with Crippen LogP contribution in [0.15, 0.2) is 65.0 Å². The third-order valence-corrected chi connectivity index (χ3v) is 9.92. The summed E-state index contributed by atoms with van der Waals surface area (Å²) in [5.41, 5.74) is 9.85. The molecule has 0 bridgehead atoms. The Labute approximate surface area is 259 Å². The van der Waals surface area contributed by atoms with Gasteiger partial charge in [0.1, 0.15) is 17.3 Å². The van der Waals surface area contributed by atoms with Crippen molar-refractivity contribution in [3.8, 4) is 11.5 Å². The monoisotopic (exact) mass is 643 g/mol. The minimum atomic E-state index is -4.31. The number of methoxy groups -OCH3 is 1. The van der Waals surface area contributed by atoms with E-state index in [9.17, 15) is 17.4 Å². The summed E-state index contributed by atoms with van der Waals surface area (Å²) < 4.78 is 53.4. The van der Waals surface area contributed by atoms with E-state index in [4.69, 9.17) is 15.2 Å². The Bertz CT molecular complexity index is 1830. The van der Waals surface area contributed by atoms with E-state index >= 15 is 0 Å². The van der Waals surface area contributed by atoms with Crippen molar-refractivity contribution in [1.82, 2.24) is 13.9 Å². The van der Waals surface area contributed by atoms with Crippen molar-refractivity contribution in [3.05, 3.63) is 82.9 Å². The maximum Gasteiger partial charge on any atom is 0.270 e. The molecule has 0 aliphatic heterocycles. The lowest BCUT2D eigenvalue weighted by Crippen LogP contribution is -2.21. The number of benzene rings is 2. The van der Waals surface area contributed by atoms with Gasteiger partial charge in [0.25, 0.3) is 15.9 Å². The maximum atomic E-state index is 14.0. The van der Waals surface area contributed by atoms with Crippen LogP contribution < -0.4 is 21.1 Å². The lowest BCUT2D eigenvalue weighted by Gasteiger charge is -2.14. The number of pyridine rings is 1. The lowest BCUT2D eigenvalue weighted by atomic mass is 10.1. The summed E-state index contributed by atoms with van der Waals surface area (Å²) in [6.07, 6.45) is 2.50. The van der Waals surface area contributed by atoms with E-state index in [2.05, 4.69) is 27.3 Å². The smallest absolute Gasteiger partial charge is 0.270 e. The summed E-state index contributed by atoms with van der Waals surface area (Å²) in [6.45, 7) is 12.5. The van der Waals surface area contributed by atoms with Crippen LogP contribution in [0, 0.1) is 27.7 Å². The number of hydrogen-bond acceptors (Lipinski definition) is 10. The first-order valence-electron chi connectivity index (χ1n) is 13.4. The first kappa shape index (κ1) is 34.2. The number of primary amides is 1. The molecule has 1 amide bonds. The number of aromatic nitrogens is 3. The van der Waals surface area contributed by atoms with E-state index in [0.717, 1.165) is 27.1 Å². The van der Waals surface area contributed by atoms with E-state index in [0.29, 0.717) is 28.3 Å².